The van der Waals surface area contributed by atoms with Crippen LogP contribution in [-0.4, -0.2) is 48.3 Å². The third-order valence-electron chi connectivity index (χ3n) is 3.76. The molecular formula is C20H38O5Si3. The minimum atomic E-state index is -2.23. The third-order valence-corrected chi connectivity index (χ3v) is 13.4. The molecule has 0 aliphatic carbocycles. The predicted octanol–water partition coefficient (Wildman–Crippen LogP) is 5.18. The van der Waals surface area contributed by atoms with Crippen LogP contribution < -0.4 is 4.74 Å². The van der Waals surface area contributed by atoms with Gasteiger partial charge in [0.15, 0.2) is 22.4 Å². The van der Waals surface area contributed by atoms with E-state index in [-0.39, 0.29) is 5.78 Å². The predicted molar refractivity (Wildman–Crippen MR) is 122 cm³/mol. The van der Waals surface area contributed by atoms with E-state index in [1.807, 2.05) is 0 Å². The summed E-state index contributed by atoms with van der Waals surface area (Å²) in [6, 6.07) is 7.82. The molecule has 5 nitrogen and oxygen atoms in total. The van der Waals surface area contributed by atoms with Gasteiger partial charge in [-0.2, -0.15) is 0 Å². The Bertz CT molecular complexity index is 624. The summed E-state index contributed by atoms with van der Waals surface area (Å²) in [5, 5.41) is 9.82. The highest BCUT2D eigenvalue weighted by molar-refractivity contribution is 6.87. The summed E-state index contributed by atoms with van der Waals surface area (Å²) in [4.78, 5) is 12.1. The van der Waals surface area contributed by atoms with Gasteiger partial charge < -0.3 is 18.1 Å². The summed E-state index contributed by atoms with van der Waals surface area (Å²) < 4.78 is 18.8. The molecule has 28 heavy (non-hydrogen) atoms. The van der Waals surface area contributed by atoms with Gasteiger partial charge in [0.05, 0.1) is 6.61 Å². The smallest absolute Gasteiger partial charge is 0.314 e. The lowest BCUT2D eigenvalue weighted by atomic mass is 9.97. The van der Waals surface area contributed by atoms with Crippen molar-refractivity contribution in [3.63, 3.8) is 0 Å². The molecule has 0 radical (unpaired) electrons. The summed E-state index contributed by atoms with van der Waals surface area (Å²) in [5.74, 6) is 0.417. The van der Waals surface area contributed by atoms with Gasteiger partial charge in [-0.25, -0.2) is 0 Å². The van der Waals surface area contributed by atoms with Crippen molar-refractivity contribution in [1.29, 1.82) is 0 Å². The van der Waals surface area contributed by atoms with Crippen molar-refractivity contribution < 1.29 is 22.9 Å². The van der Waals surface area contributed by atoms with Gasteiger partial charge in [0.2, 0.25) is 0 Å². The lowest BCUT2D eigenvalue weighted by Crippen LogP contribution is -2.52. The van der Waals surface area contributed by atoms with Crippen LogP contribution in [-0.2, 0) is 8.23 Å². The molecule has 0 unspecified atom stereocenters. The summed E-state index contributed by atoms with van der Waals surface area (Å²) in [6.45, 7) is 19.0. The first kappa shape index (κ1) is 25.3. The van der Waals surface area contributed by atoms with Crippen molar-refractivity contribution in [2.24, 2.45) is 0 Å². The lowest BCUT2D eigenvalue weighted by Gasteiger charge is -2.38. The minimum absolute atomic E-state index is 0.298. The van der Waals surface area contributed by atoms with Crippen LogP contribution in [0.3, 0.4) is 0 Å². The van der Waals surface area contributed by atoms with Crippen LogP contribution in [0, 0.1) is 0 Å². The Morgan fingerprint density at radius 2 is 1.39 bits per heavy atom. The van der Waals surface area contributed by atoms with E-state index in [1.165, 1.54) is 13.8 Å². The van der Waals surface area contributed by atoms with Gasteiger partial charge >= 0.3 is 8.56 Å². The number of carbonyl (C=O) groups excluding carboxylic acids is 1. The molecule has 1 N–H and O–H groups in total. The minimum Gasteiger partial charge on any atom is -0.494 e. The first-order chi connectivity index (χ1) is 12.5. The summed E-state index contributed by atoms with van der Waals surface area (Å²) >= 11 is 0. The first-order valence-electron chi connectivity index (χ1n) is 9.91. The van der Waals surface area contributed by atoms with Crippen molar-refractivity contribution in [2.45, 2.75) is 77.7 Å². The van der Waals surface area contributed by atoms with Gasteiger partial charge in [-0.05, 0) is 96.4 Å². The zero-order chi connectivity index (χ0) is 21.8. The molecule has 0 fully saturated rings. The van der Waals surface area contributed by atoms with E-state index < -0.39 is 30.8 Å². The summed E-state index contributed by atoms with van der Waals surface area (Å²) in [5.41, 5.74) is -0.892. The maximum absolute atomic E-state index is 12.1. The highest BCUT2D eigenvalue weighted by Crippen LogP contribution is 2.26. The molecule has 8 heteroatoms. The SMILES string of the molecule is CC(C)(O)C(=O)c1ccc(OCCC[Si](C)(O[Si](C)(C)C)O[Si](C)(C)C)cc1. The molecule has 0 bridgehead atoms. The summed E-state index contributed by atoms with van der Waals surface area (Å²) in [7, 11) is -5.60. The van der Waals surface area contributed by atoms with Gasteiger partial charge in [-0.1, -0.05) is 0 Å². The van der Waals surface area contributed by atoms with Gasteiger partial charge in [0.25, 0.3) is 0 Å². The number of hydrogen-bond acceptors (Lipinski definition) is 5. The van der Waals surface area contributed by atoms with E-state index >= 15 is 0 Å². The maximum Gasteiger partial charge on any atom is 0.314 e. The highest BCUT2D eigenvalue weighted by atomic mass is 28.5. The third kappa shape index (κ3) is 9.62. The largest absolute Gasteiger partial charge is 0.494 e. The second-order valence-electron chi connectivity index (χ2n) is 9.93. The van der Waals surface area contributed by atoms with E-state index in [0.717, 1.165) is 12.5 Å². The van der Waals surface area contributed by atoms with Crippen molar-refractivity contribution >= 4 is 31.0 Å². The molecule has 0 aliphatic heterocycles. The summed E-state index contributed by atoms with van der Waals surface area (Å²) in [6.07, 6.45) is 0.863. The fourth-order valence-electron chi connectivity index (χ4n) is 3.06. The average Bonchev–Trinajstić information content (AvgIpc) is 2.47. The van der Waals surface area contributed by atoms with Gasteiger partial charge in [0.1, 0.15) is 11.4 Å². The molecule has 0 aromatic heterocycles. The van der Waals surface area contributed by atoms with Crippen LogP contribution >= 0.6 is 0 Å². The standard InChI is InChI=1S/C20H38O5Si3/c1-20(2,22)19(21)17-11-13-18(14-12-17)23-15-10-16-28(9,24-26(3,4)5)25-27(6,7)8/h11-14,22H,10,15-16H2,1-9H3. The molecule has 1 rings (SSSR count). The van der Waals surface area contributed by atoms with Crippen LogP contribution in [0.2, 0.25) is 51.9 Å². The Kier molecular flexibility index (Phi) is 8.44. The number of Topliss-reactive ketones (excluding diaryl/α,β-unsaturated/α-hetero) is 1. The van der Waals surface area contributed by atoms with E-state index in [2.05, 4.69) is 45.8 Å². The van der Waals surface area contributed by atoms with E-state index in [4.69, 9.17) is 13.0 Å². The Morgan fingerprint density at radius 1 is 0.929 bits per heavy atom. The lowest BCUT2D eigenvalue weighted by molar-refractivity contribution is 0.0488. The van der Waals surface area contributed by atoms with Gasteiger partial charge in [-0.15, -0.1) is 0 Å². The topological polar surface area (TPSA) is 65.0 Å². The molecule has 160 valence electrons. The highest BCUT2D eigenvalue weighted by Gasteiger charge is 2.39. The monoisotopic (exact) mass is 442 g/mol. The molecule has 1 aromatic rings. The number of benzene rings is 1. The molecule has 0 saturated heterocycles. The van der Waals surface area contributed by atoms with Crippen molar-refractivity contribution in [1.82, 2.24) is 0 Å². The molecule has 0 heterocycles. The fourth-order valence-corrected chi connectivity index (χ4v) is 15.6. The number of carbonyl (C=O) groups is 1. The van der Waals surface area contributed by atoms with Gasteiger partial charge in [0, 0.05) is 5.56 Å². The van der Waals surface area contributed by atoms with E-state index in [9.17, 15) is 9.90 Å². The molecule has 0 amide bonds. The second kappa shape index (κ2) is 9.36. The average molecular weight is 443 g/mol. The number of hydrogen-bond donors (Lipinski definition) is 1. The van der Waals surface area contributed by atoms with E-state index in [1.54, 1.807) is 24.3 Å². The van der Waals surface area contributed by atoms with Gasteiger partial charge in [-0.3, -0.25) is 4.79 Å². The zero-order valence-corrected chi connectivity index (χ0v) is 22.0. The molecule has 1 aromatic carbocycles. The Labute approximate surface area is 173 Å². The zero-order valence-electron chi connectivity index (χ0n) is 19.0. The number of aliphatic hydroxyl groups is 1. The van der Waals surface area contributed by atoms with Crippen LogP contribution in [0.15, 0.2) is 24.3 Å². The van der Waals surface area contributed by atoms with Crippen LogP contribution in [0.4, 0.5) is 0 Å². The molecule has 0 aliphatic rings. The second-order valence-corrected chi connectivity index (χ2v) is 22.8. The molecule has 0 saturated carbocycles. The van der Waals surface area contributed by atoms with Crippen molar-refractivity contribution in [3.8, 4) is 5.75 Å². The van der Waals surface area contributed by atoms with Crippen molar-refractivity contribution in [2.75, 3.05) is 6.61 Å². The quantitative estimate of drug-likeness (QED) is 0.290. The van der Waals surface area contributed by atoms with Crippen molar-refractivity contribution in [3.05, 3.63) is 29.8 Å². The van der Waals surface area contributed by atoms with Crippen LogP contribution in [0.5, 0.6) is 5.75 Å². The van der Waals surface area contributed by atoms with E-state index in [0.29, 0.717) is 17.9 Å². The number of rotatable bonds is 11. The molecular weight excluding hydrogens is 404 g/mol. The molecule has 0 atom stereocenters. The maximum atomic E-state index is 12.1. The first-order valence-corrected chi connectivity index (χ1v) is 19.3. The Balaban J connectivity index is 2.62. The fraction of sp³-hybridized carbons (Fsp3) is 0.650. The number of ketones is 1. The molecule has 0 spiro atoms. The van der Waals surface area contributed by atoms with Crippen LogP contribution in [0.25, 0.3) is 0 Å². The Morgan fingerprint density at radius 3 is 1.79 bits per heavy atom. The van der Waals surface area contributed by atoms with Crippen LogP contribution in [0.1, 0.15) is 30.6 Å². The Hall–Kier alpha value is -0.779. The normalized spacial score (nSPS) is 13.5. The number of ether oxygens (including phenoxy) is 1.